The summed E-state index contributed by atoms with van der Waals surface area (Å²) in [5.41, 5.74) is 2.32. The highest BCUT2D eigenvalue weighted by molar-refractivity contribution is 7.14. The molecule has 2 aromatic rings. The van der Waals surface area contributed by atoms with Crippen molar-refractivity contribution in [3.63, 3.8) is 0 Å². The van der Waals surface area contributed by atoms with Crippen molar-refractivity contribution in [2.75, 3.05) is 39.2 Å². The summed E-state index contributed by atoms with van der Waals surface area (Å²) in [5.74, 6) is 1.58. The number of likely N-dealkylation sites (tertiary alicyclic amines) is 1. The number of rotatable bonds is 4. The average Bonchev–Trinajstić information content (AvgIpc) is 3.30. The third-order valence-corrected chi connectivity index (χ3v) is 6.70. The van der Waals surface area contributed by atoms with Crippen LogP contribution in [0, 0.1) is 5.92 Å². The van der Waals surface area contributed by atoms with Crippen LogP contribution in [0.15, 0.2) is 29.6 Å². The number of thiophene rings is 1. The number of piperidine rings is 1. The summed E-state index contributed by atoms with van der Waals surface area (Å²) in [6.07, 6.45) is 2.21. The summed E-state index contributed by atoms with van der Waals surface area (Å²) in [6, 6.07) is 7.70. The lowest BCUT2D eigenvalue weighted by molar-refractivity contribution is -0.137. The number of amides is 3. The van der Waals surface area contributed by atoms with E-state index in [9.17, 15) is 9.59 Å². The smallest absolute Gasteiger partial charge is 0.322 e. The van der Waals surface area contributed by atoms with Gasteiger partial charge in [0.2, 0.25) is 5.91 Å². The van der Waals surface area contributed by atoms with E-state index >= 15 is 0 Å². The minimum Gasteiger partial charge on any atom is -0.493 e. The van der Waals surface area contributed by atoms with Gasteiger partial charge >= 0.3 is 6.03 Å². The van der Waals surface area contributed by atoms with E-state index in [1.807, 2.05) is 34.5 Å². The van der Waals surface area contributed by atoms with Crippen molar-refractivity contribution in [3.05, 3.63) is 40.8 Å². The second kappa shape index (κ2) is 8.95. The number of nitrogens with zero attached hydrogens (tertiary/aromatic N) is 2. The predicted molar refractivity (Wildman–Crippen MR) is 116 cm³/mol. The van der Waals surface area contributed by atoms with Crippen molar-refractivity contribution in [1.82, 2.24) is 9.80 Å². The number of carbonyl (C=O) groups is 2. The molecule has 0 aliphatic carbocycles. The molecule has 0 saturated carbocycles. The molecule has 30 heavy (non-hydrogen) atoms. The third-order valence-electron chi connectivity index (χ3n) is 5.91. The van der Waals surface area contributed by atoms with E-state index in [0.29, 0.717) is 44.8 Å². The molecule has 1 fully saturated rings. The Kier molecular flexibility index (Phi) is 6.13. The second-order valence-electron chi connectivity index (χ2n) is 7.65. The van der Waals surface area contributed by atoms with E-state index in [1.165, 1.54) is 16.9 Å². The van der Waals surface area contributed by atoms with E-state index in [2.05, 4.69) is 5.32 Å². The normalized spacial score (nSPS) is 16.7. The molecule has 3 heterocycles. The van der Waals surface area contributed by atoms with Crippen molar-refractivity contribution in [1.29, 1.82) is 0 Å². The van der Waals surface area contributed by atoms with Gasteiger partial charge in [-0.15, -0.1) is 11.3 Å². The zero-order valence-corrected chi connectivity index (χ0v) is 18.2. The number of fused-ring (bicyclic) bond motifs is 1. The van der Waals surface area contributed by atoms with Crippen molar-refractivity contribution in [3.8, 4) is 11.5 Å². The summed E-state index contributed by atoms with van der Waals surface area (Å²) in [7, 11) is 3.26. The van der Waals surface area contributed by atoms with Crippen LogP contribution in [-0.4, -0.2) is 55.6 Å². The van der Waals surface area contributed by atoms with Gasteiger partial charge in [0.05, 0.1) is 19.2 Å². The fourth-order valence-corrected chi connectivity index (χ4v) is 4.80. The molecule has 4 rings (SSSR count). The van der Waals surface area contributed by atoms with Crippen LogP contribution in [0.5, 0.6) is 11.5 Å². The Morgan fingerprint density at radius 1 is 1.03 bits per heavy atom. The zero-order chi connectivity index (χ0) is 21.1. The highest BCUT2D eigenvalue weighted by atomic mass is 32.1. The fraction of sp³-hybridized carbons (Fsp3) is 0.455. The Hall–Kier alpha value is -2.74. The number of benzene rings is 1. The highest BCUT2D eigenvalue weighted by Gasteiger charge is 2.32. The molecule has 2 aliphatic heterocycles. The predicted octanol–water partition coefficient (Wildman–Crippen LogP) is 3.59. The minimum absolute atomic E-state index is 0.0301. The van der Waals surface area contributed by atoms with Gasteiger partial charge in [0.15, 0.2) is 11.5 Å². The van der Waals surface area contributed by atoms with E-state index in [-0.39, 0.29) is 17.9 Å². The van der Waals surface area contributed by atoms with Gasteiger partial charge in [-0.3, -0.25) is 10.1 Å². The molecule has 0 radical (unpaired) electrons. The molecule has 7 nitrogen and oxygen atoms in total. The maximum atomic E-state index is 13.1. The van der Waals surface area contributed by atoms with E-state index in [4.69, 9.17) is 9.47 Å². The third kappa shape index (κ3) is 4.23. The number of nitrogens with one attached hydrogen (secondary N) is 1. The first-order valence-corrected chi connectivity index (χ1v) is 11.1. The van der Waals surface area contributed by atoms with Crippen LogP contribution < -0.4 is 14.8 Å². The number of hydrogen-bond donors (Lipinski definition) is 1. The molecule has 1 aromatic heterocycles. The van der Waals surface area contributed by atoms with Crippen LogP contribution in [0.3, 0.4) is 0 Å². The lowest BCUT2D eigenvalue weighted by Gasteiger charge is -2.36. The quantitative estimate of drug-likeness (QED) is 0.806. The van der Waals surface area contributed by atoms with E-state index < -0.39 is 0 Å². The number of hydrogen-bond acceptors (Lipinski definition) is 5. The number of ether oxygens (including phenoxy) is 2. The standard InChI is InChI=1S/C22H27N3O4S/c1-28-18-12-16-7-10-25(14-17(16)13-19(18)29-2)21(26)15-5-8-24(9-6-15)22(27)23-20-4-3-11-30-20/h3-4,11-13,15H,5-10,14H2,1-2H3,(H,23,27). The van der Waals surface area contributed by atoms with Gasteiger partial charge in [0.25, 0.3) is 0 Å². The molecule has 1 N–H and O–H groups in total. The lowest BCUT2D eigenvalue weighted by Crippen LogP contribution is -2.46. The second-order valence-corrected chi connectivity index (χ2v) is 8.60. The van der Waals surface area contributed by atoms with Crippen molar-refractivity contribution >= 4 is 28.3 Å². The first-order valence-electron chi connectivity index (χ1n) is 10.2. The Morgan fingerprint density at radius 3 is 2.37 bits per heavy atom. The maximum Gasteiger partial charge on any atom is 0.322 e. The maximum absolute atomic E-state index is 13.1. The monoisotopic (exact) mass is 429 g/mol. The molecule has 0 unspecified atom stereocenters. The number of carbonyl (C=O) groups excluding carboxylic acids is 2. The van der Waals surface area contributed by atoms with Gasteiger partial charge in [-0.05, 0) is 60.0 Å². The average molecular weight is 430 g/mol. The van der Waals surface area contributed by atoms with E-state index in [0.717, 1.165) is 22.7 Å². The first kappa shape index (κ1) is 20.5. The molecule has 1 saturated heterocycles. The molecular formula is C22H27N3O4S. The largest absolute Gasteiger partial charge is 0.493 e. The number of urea groups is 1. The Labute approximate surface area is 180 Å². The van der Waals surface area contributed by atoms with Crippen LogP contribution in [0.4, 0.5) is 9.80 Å². The lowest BCUT2D eigenvalue weighted by atomic mass is 9.93. The summed E-state index contributed by atoms with van der Waals surface area (Å²) >= 11 is 1.50. The van der Waals surface area contributed by atoms with Gasteiger partial charge in [0, 0.05) is 32.1 Å². The molecule has 2 aliphatic rings. The van der Waals surface area contributed by atoms with Gasteiger partial charge in [-0.2, -0.15) is 0 Å². The van der Waals surface area contributed by atoms with Crippen LogP contribution >= 0.6 is 11.3 Å². The molecule has 0 spiro atoms. The SMILES string of the molecule is COc1cc2c(cc1OC)CN(C(=O)C1CCN(C(=O)Nc3cccs3)CC1)CC2. The molecule has 1 aromatic carbocycles. The highest BCUT2D eigenvalue weighted by Crippen LogP contribution is 2.34. The Bertz CT molecular complexity index is 907. The Morgan fingerprint density at radius 2 is 1.73 bits per heavy atom. The summed E-state index contributed by atoms with van der Waals surface area (Å²) in [5, 5.41) is 5.70. The molecule has 3 amide bonds. The van der Waals surface area contributed by atoms with Crippen molar-refractivity contribution in [2.45, 2.75) is 25.8 Å². The first-order chi connectivity index (χ1) is 14.6. The van der Waals surface area contributed by atoms with Gasteiger partial charge in [-0.25, -0.2) is 4.79 Å². The number of methoxy groups -OCH3 is 2. The summed E-state index contributed by atoms with van der Waals surface area (Å²) in [6.45, 7) is 2.50. The Balaban J connectivity index is 1.34. The molecule has 0 atom stereocenters. The van der Waals surface area contributed by atoms with Gasteiger partial charge in [0.1, 0.15) is 0 Å². The zero-order valence-electron chi connectivity index (χ0n) is 17.3. The topological polar surface area (TPSA) is 71.1 Å². The van der Waals surface area contributed by atoms with Gasteiger partial charge in [-0.1, -0.05) is 0 Å². The molecule has 0 bridgehead atoms. The summed E-state index contributed by atoms with van der Waals surface area (Å²) in [4.78, 5) is 29.3. The molecule has 160 valence electrons. The fourth-order valence-electron chi connectivity index (χ4n) is 4.19. The molecule has 8 heteroatoms. The van der Waals surface area contributed by atoms with Gasteiger partial charge < -0.3 is 19.3 Å². The van der Waals surface area contributed by atoms with Crippen molar-refractivity contribution in [2.24, 2.45) is 5.92 Å². The molecular weight excluding hydrogens is 402 g/mol. The van der Waals surface area contributed by atoms with Crippen molar-refractivity contribution < 1.29 is 19.1 Å². The van der Waals surface area contributed by atoms with Crippen LogP contribution in [-0.2, 0) is 17.8 Å². The van der Waals surface area contributed by atoms with E-state index in [1.54, 1.807) is 19.1 Å². The van der Waals surface area contributed by atoms with Crippen LogP contribution in [0.2, 0.25) is 0 Å². The number of anilines is 1. The minimum atomic E-state index is -0.0868. The summed E-state index contributed by atoms with van der Waals surface area (Å²) < 4.78 is 10.8. The van der Waals surface area contributed by atoms with Crippen LogP contribution in [0.1, 0.15) is 24.0 Å². The van der Waals surface area contributed by atoms with Crippen LogP contribution in [0.25, 0.3) is 0 Å².